The Balaban J connectivity index is 1.77. The molecule has 0 bridgehead atoms. The van der Waals surface area contributed by atoms with Gasteiger partial charge in [0.25, 0.3) is 0 Å². The normalized spacial score (nSPS) is 11.0. The molecule has 4 rings (SSSR count). The van der Waals surface area contributed by atoms with Gasteiger partial charge in [-0.3, -0.25) is 4.57 Å². The molecule has 0 aliphatic heterocycles. The topological polar surface area (TPSA) is 85.2 Å². The van der Waals surface area contributed by atoms with Crippen LogP contribution in [0.2, 0.25) is 5.02 Å². The van der Waals surface area contributed by atoms with E-state index >= 15 is 0 Å². The standard InChI is InChI=1S/C17H14ClN7S/c1-11-5-7-14(8-6-11)25-16(12-3-2-4-13(18)9-12)21-22-17(25)26-10-15-19-23-24-20-15/h2-9H,10H2,1H3,(H,19,20,23,24). The largest absolute Gasteiger partial charge is 0.270 e. The van der Waals surface area contributed by atoms with Crippen molar-refractivity contribution < 1.29 is 0 Å². The first-order valence-corrected chi connectivity index (χ1v) is 9.20. The van der Waals surface area contributed by atoms with Gasteiger partial charge in [-0.15, -0.1) is 20.4 Å². The lowest BCUT2D eigenvalue weighted by atomic mass is 10.2. The molecular formula is C17H14ClN7S. The van der Waals surface area contributed by atoms with Gasteiger partial charge in [-0.25, -0.2) is 0 Å². The van der Waals surface area contributed by atoms with Crippen LogP contribution in [0.25, 0.3) is 17.1 Å². The average Bonchev–Trinajstić information content (AvgIpc) is 3.30. The molecule has 0 atom stereocenters. The molecule has 2 aromatic heterocycles. The number of halogens is 1. The lowest BCUT2D eigenvalue weighted by Gasteiger charge is -2.10. The summed E-state index contributed by atoms with van der Waals surface area (Å²) in [5.74, 6) is 1.88. The highest BCUT2D eigenvalue weighted by Crippen LogP contribution is 2.30. The number of thioether (sulfide) groups is 1. The maximum atomic E-state index is 6.16. The monoisotopic (exact) mass is 383 g/mol. The Morgan fingerprint density at radius 2 is 1.92 bits per heavy atom. The van der Waals surface area contributed by atoms with Gasteiger partial charge in [0.1, 0.15) is 0 Å². The molecular weight excluding hydrogens is 370 g/mol. The van der Waals surface area contributed by atoms with Crippen molar-refractivity contribution in [3.63, 3.8) is 0 Å². The molecule has 0 aliphatic rings. The van der Waals surface area contributed by atoms with Crippen molar-refractivity contribution in [2.75, 3.05) is 0 Å². The zero-order chi connectivity index (χ0) is 17.9. The van der Waals surface area contributed by atoms with Gasteiger partial charge in [0.2, 0.25) is 0 Å². The number of hydrogen-bond donors (Lipinski definition) is 1. The number of nitrogens with zero attached hydrogens (tertiary/aromatic N) is 6. The lowest BCUT2D eigenvalue weighted by Crippen LogP contribution is -2.00. The Hall–Kier alpha value is -2.71. The van der Waals surface area contributed by atoms with Crippen molar-refractivity contribution in [2.45, 2.75) is 17.8 Å². The third kappa shape index (κ3) is 3.47. The van der Waals surface area contributed by atoms with Gasteiger partial charge in [0.05, 0.1) is 5.75 Å². The van der Waals surface area contributed by atoms with E-state index in [1.54, 1.807) is 0 Å². The highest BCUT2D eigenvalue weighted by Gasteiger charge is 2.17. The molecule has 4 aromatic rings. The van der Waals surface area contributed by atoms with Gasteiger partial charge >= 0.3 is 0 Å². The average molecular weight is 384 g/mol. The number of aromatic nitrogens is 7. The lowest BCUT2D eigenvalue weighted by molar-refractivity contribution is 0.881. The second-order valence-electron chi connectivity index (χ2n) is 5.60. The van der Waals surface area contributed by atoms with Gasteiger partial charge in [-0.05, 0) is 31.2 Å². The van der Waals surface area contributed by atoms with Crippen LogP contribution in [0, 0.1) is 6.92 Å². The van der Waals surface area contributed by atoms with E-state index in [-0.39, 0.29) is 0 Å². The molecule has 0 saturated heterocycles. The molecule has 26 heavy (non-hydrogen) atoms. The fraction of sp³-hybridized carbons (Fsp3) is 0.118. The number of nitrogens with one attached hydrogen (secondary N) is 1. The highest BCUT2D eigenvalue weighted by atomic mass is 35.5. The minimum Gasteiger partial charge on any atom is -0.270 e. The molecule has 130 valence electrons. The van der Waals surface area contributed by atoms with Gasteiger partial charge in [-0.2, -0.15) is 5.21 Å². The zero-order valence-electron chi connectivity index (χ0n) is 13.8. The third-order valence-electron chi connectivity index (χ3n) is 3.73. The molecule has 1 N–H and O–H groups in total. The number of tetrazole rings is 1. The first kappa shape index (κ1) is 16.7. The molecule has 7 nitrogen and oxygen atoms in total. The van der Waals surface area contributed by atoms with Crippen molar-refractivity contribution in [1.29, 1.82) is 0 Å². The van der Waals surface area contributed by atoms with Crippen LogP contribution in [0.3, 0.4) is 0 Å². The fourth-order valence-electron chi connectivity index (χ4n) is 2.48. The van der Waals surface area contributed by atoms with Gasteiger partial charge in [0, 0.05) is 16.3 Å². The predicted octanol–water partition coefficient (Wildman–Crippen LogP) is 3.70. The molecule has 0 fully saturated rings. The summed E-state index contributed by atoms with van der Waals surface area (Å²) in [7, 11) is 0. The summed E-state index contributed by atoms with van der Waals surface area (Å²) in [6.45, 7) is 2.06. The number of aromatic amines is 1. The summed E-state index contributed by atoms with van der Waals surface area (Å²) in [6.07, 6.45) is 0. The van der Waals surface area contributed by atoms with Gasteiger partial charge < -0.3 is 0 Å². The SMILES string of the molecule is Cc1ccc(-n2c(SCc3nn[nH]n3)nnc2-c2cccc(Cl)c2)cc1. The van der Waals surface area contributed by atoms with E-state index in [1.807, 2.05) is 41.0 Å². The molecule has 2 aromatic carbocycles. The van der Waals surface area contributed by atoms with Crippen molar-refractivity contribution in [3.05, 3.63) is 64.9 Å². The molecule has 2 heterocycles. The summed E-state index contributed by atoms with van der Waals surface area (Å²) in [5, 5.41) is 24.2. The molecule has 0 spiro atoms. The Bertz CT molecular complexity index is 1010. The predicted molar refractivity (Wildman–Crippen MR) is 100 cm³/mol. The summed E-state index contributed by atoms with van der Waals surface area (Å²) in [4.78, 5) is 0. The Morgan fingerprint density at radius 1 is 1.08 bits per heavy atom. The first-order chi connectivity index (χ1) is 12.7. The molecule has 0 unspecified atom stereocenters. The van der Waals surface area contributed by atoms with Crippen LogP contribution in [0.15, 0.2) is 53.7 Å². The van der Waals surface area contributed by atoms with Crippen LogP contribution in [0.4, 0.5) is 0 Å². The molecule has 0 saturated carbocycles. The van der Waals surface area contributed by atoms with Crippen LogP contribution in [-0.4, -0.2) is 35.4 Å². The summed E-state index contributed by atoms with van der Waals surface area (Å²) < 4.78 is 2.01. The van der Waals surface area contributed by atoms with Crippen molar-refractivity contribution >= 4 is 23.4 Å². The first-order valence-electron chi connectivity index (χ1n) is 7.84. The second-order valence-corrected chi connectivity index (χ2v) is 6.98. The van der Waals surface area contributed by atoms with Crippen LogP contribution < -0.4 is 0 Å². The molecule has 0 radical (unpaired) electrons. The van der Waals surface area contributed by atoms with Crippen LogP contribution in [0.1, 0.15) is 11.4 Å². The number of H-pyrrole nitrogens is 1. The van der Waals surface area contributed by atoms with E-state index in [0.717, 1.165) is 22.2 Å². The molecule has 0 amide bonds. The number of hydrogen-bond acceptors (Lipinski definition) is 6. The van der Waals surface area contributed by atoms with Crippen molar-refractivity contribution in [1.82, 2.24) is 35.4 Å². The van der Waals surface area contributed by atoms with Gasteiger partial charge in [0.15, 0.2) is 16.8 Å². The van der Waals surface area contributed by atoms with E-state index in [4.69, 9.17) is 11.6 Å². The minimum atomic E-state index is 0.538. The van der Waals surface area contributed by atoms with Crippen LogP contribution in [-0.2, 0) is 5.75 Å². The van der Waals surface area contributed by atoms with Crippen molar-refractivity contribution in [2.24, 2.45) is 0 Å². The maximum Gasteiger partial charge on any atom is 0.196 e. The smallest absolute Gasteiger partial charge is 0.196 e. The van der Waals surface area contributed by atoms with Crippen LogP contribution >= 0.6 is 23.4 Å². The minimum absolute atomic E-state index is 0.538. The maximum absolute atomic E-state index is 6.16. The zero-order valence-corrected chi connectivity index (χ0v) is 15.4. The van der Waals surface area contributed by atoms with E-state index in [9.17, 15) is 0 Å². The quantitative estimate of drug-likeness (QED) is 0.529. The third-order valence-corrected chi connectivity index (χ3v) is 4.89. The Morgan fingerprint density at radius 3 is 2.65 bits per heavy atom. The summed E-state index contributed by atoms with van der Waals surface area (Å²) in [6, 6.07) is 15.8. The summed E-state index contributed by atoms with van der Waals surface area (Å²) >= 11 is 7.65. The van der Waals surface area contributed by atoms with Crippen LogP contribution in [0.5, 0.6) is 0 Å². The molecule has 9 heteroatoms. The number of aryl methyl sites for hydroxylation is 1. The Kier molecular flexibility index (Phi) is 4.68. The van der Waals surface area contributed by atoms with Crippen molar-refractivity contribution in [3.8, 4) is 17.1 Å². The second kappa shape index (κ2) is 7.27. The summed E-state index contributed by atoms with van der Waals surface area (Å²) in [5.41, 5.74) is 3.07. The van der Waals surface area contributed by atoms with Gasteiger partial charge in [-0.1, -0.05) is 58.4 Å². The van der Waals surface area contributed by atoms with E-state index < -0.39 is 0 Å². The van der Waals surface area contributed by atoms with E-state index in [0.29, 0.717) is 16.6 Å². The van der Waals surface area contributed by atoms with E-state index in [2.05, 4.69) is 49.9 Å². The Labute approximate surface area is 158 Å². The highest BCUT2D eigenvalue weighted by molar-refractivity contribution is 7.98. The molecule has 0 aliphatic carbocycles. The number of benzene rings is 2. The fourth-order valence-corrected chi connectivity index (χ4v) is 3.47. The number of rotatable bonds is 5. The van der Waals surface area contributed by atoms with E-state index in [1.165, 1.54) is 17.3 Å².